The molecule has 0 N–H and O–H groups in total. The van der Waals surface area contributed by atoms with Crippen molar-refractivity contribution in [3.8, 4) is 0 Å². The number of unbranched alkanes of at least 4 members (excludes halogenated alkanes) is 4. The Labute approximate surface area is 145 Å². The van der Waals surface area contributed by atoms with Gasteiger partial charge in [0, 0.05) is 24.7 Å². The molecule has 24 heavy (non-hydrogen) atoms. The summed E-state index contributed by atoms with van der Waals surface area (Å²) in [6.07, 6.45) is 10.1. The van der Waals surface area contributed by atoms with E-state index in [2.05, 4.69) is 13.5 Å². The van der Waals surface area contributed by atoms with Gasteiger partial charge in [-0.05, 0) is 18.4 Å². The monoisotopic (exact) mass is 334 g/mol. The number of nitro groups is 1. The zero-order chi connectivity index (χ0) is 17.8. The van der Waals surface area contributed by atoms with E-state index >= 15 is 0 Å². The number of non-ortho nitro benzene ring substituents is 1. The Morgan fingerprint density at radius 3 is 2.46 bits per heavy atom. The average Bonchev–Trinajstić information content (AvgIpc) is 2.59. The molecule has 1 rings (SSSR count). The van der Waals surface area contributed by atoms with Gasteiger partial charge < -0.3 is 4.84 Å². The van der Waals surface area contributed by atoms with Crippen LogP contribution in [0.3, 0.4) is 0 Å². The normalized spacial score (nSPS) is 12.3. The fourth-order valence-electron chi connectivity index (χ4n) is 2.80. The van der Waals surface area contributed by atoms with Crippen LogP contribution in [0.15, 0.2) is 36.9 Å². The van der Waals surface area contributed by atoms with Gasteiger partial charge in [-0.2, -0.15) is 5.06 Å². The SMILES string of the molecule is C=CCC(CCCCCCC)N(Cc1ccc([N+](=O)[O-])cc1)OC. The van der Waals surface area contributed by atoms with Crippen LogP contribution in [0.4, 0.5) is 5.69 Å². The first-order valence-electron chi connectivity index (χ1n) is 8.77. The van der Waals surface area contributed by atoms with Gasteiger partial charge in [-0.1, -0.05) is 57.2 Å². The van der Waals surface area contributed by atoms with Crippen LogP contribution in [0.2, 0.25) is 0 Å². The van der Waals surface area contributed by atoms with Gasteiger partial charge in [0.2, 0.25) is 0 Å². The van der Waals surface area contributed by atoms with E-state index < -0.39 is 0 Å². The third kappa shape index (κ3) is 7.23. The van der Waals surface area contributed by atoms with Crippen LogP contribution in [0, 0.1) is 10.1 Å². The highest BCUT2D eigenvalue weighted by Gasteiger charge is 2.18. The lowest BCUT2D eigenvalue weighted by Gasteiger charge is -2.29. The molecule has 0 bridgehead atoms. The molecule has 1 unspecified atom stereocenters. The molecule has 0 aromatic heterocycles. The van der Waals surface area contributed by atoms with Crippen LogP contribution in [0.1, 0.15) is 57.4 Å². The average molecular weight is 334 g/mol. The van der Waals surface area contributed by atoms with E-state index in [1.165, 1.54) is 44.2 Å². The summed E-state index contributed by atoms with van der Waals surface area (Å²) in [4.78, 5) is 15.9. The summed E-state index contributed by atoms with van der Waals surface area (Å²) in [6.45, 7) is 6.69. The van der Waals surface area contributed by atoms with Crippen LogP contribution in [0.5, 0.6) is 0 Å². The molecule has 0 spiro atoms. The number of hydrogen-bond donors (Lipinski definition) is 0. The third-order valence-electron chi connectivity index (χ3n) is 4.21. The third-order valence-corrected chi connectivity index (χ3v) is 4.21. The van der Waals surface area contributed by atoms with Gasteiger partial charge >= 0.3 is 0 Å². The summed E-state index contributed by atoms with van der Waals surface area (Å²) in [6, 6.07) is 6.93. The Balaban J connectivity index is 2.60. The van der Waals surface area contributed by atoms with Gasteiger partial charge in [0.05, 0.1) is 12.0 Å². The van der Waals surface area contributed by atoms with Crippen molar-refractivity contribution in [3.63, 3.8) is 0 Å². The van der Waals surface area contributed by atoms with Crippen molar-refractivity contribution in [1.82, 2.24) is 5.06 Å². The zero-order valence-electron chi connectivity index (χ0n) is 14.9. The fraction of sp³-hybridized carbons (Fsp3) is 0.579. The Morgan fingerprint density at radius 2 is 1.92 bits per heavy atom. The largest absolute Gasteiger partial charge is 0.302 e. The lowest BCUT2D eigenvalue weighted by molar-refractivity contribution is -0.384. The molecule has 0 aliphatic rings. The summed E-state index contributed by atoms with van der Waals surface area (Å²) in [7, 11) is 1.68. The van der Waals surface area contributed by atoms with Crippen molar-refractivity contribution in [3.05, 3.63) is 52.6 Å². The minimum atomic E-state index is -0.380. The van der Waals surface area contributed by atoms with Gasteiger partial charge in [-0.25, -0.2) is 0 Å². The number of benzene rings is 1. The van der Waals surface area contributed by atoms with Crippen molar-refractivity contribution < 1.29 is 9.76 Å². The maximum absolute atomic E-state index is 10.7. The molecule has 1 aromatic rings. The number of hydroxylamine groups is 2. The molecule has 0 amide bonds. The van der Waals surface area contributed by atoms with E-state index in [1.54, 1.807) is 19.2 Å². The predicted molar refractivity (Wildman–Crippen MR) is 97.6 cm³/mol. The maximum atomic E-state index is 10.7. The summed E-state index contributed by atoms with van der Waals surface area (Å²) in [5, 5.41) is 12.7. The van der Waals surface area contributed by atoms with E-state index in [-0.39, 0.29) is 16.7 Å². The lowest BCUT2D eigenvalue weighted by atomic mass is 10.0. The number of rotatable bonds is 13. The standard InChI is InChI=1S/C19H30N2O3/c1-4-6-7-8-9-11-18(10-5-2)20(24-3)16-17-12-14-19(15-13-17)21(22)23/h5,12-15,18H,2,4,6-11,16H2,1,3H3. The Morgan fingerprint density at radius 1 is 1.25 bits per heavy atom. The topological polar surface area (TPSA) is 55.6 Å². The van der Waals surface area contributed by atoms with E-state index in [9.17, 15) is 10.1 Å². The van der Waals surface area contributed by atoms with Gasteiger partial charge in [0.25, 0.3) is 5.69 Å². The Kier molecular flexibility index (Phi) is 9.96. The molecule has 0 radical (unpaired) electrons. The van der Waals surface area contributed by atoms with Crippen molar-refractivity contribution in [2.75, 3.05) is 7.11 Å². The molecule has 0 heterocycles. The molecule has 134 valence electrons. The second kappa shape index (κ2) is 11.8. The van der Waals surface area contributed by atoms with Crippen molar-refractivity contribution in [1.29, 1.82) is 0 Å². The first-order chi connectivity index (χ1) is 11.6. The minimum absolute atomic E-state index is 0.112. The molecular formula is C19H30N2O3. The van der Waals surface area contributed by atoms with Crippen LogP contribution >= 0.6 is 0 Å². The van der Waals surface area contributed by atoms with Crippen LogP contribution in [-0.2, 0) is 11.4 Å². The highest BCUT2D eigenvalue weighted by Crippen LogP contribution is 2.19. The number of hydrogen-bond acceptors (Lipinski definition) is 4. The van der Waals surface area contributed by atoms with Crippen LogP contribution in [-0.4, -0.2) is 23.1 Å². The smallest absolute Gasteiger partial charge is 0.269 e. The van der Waals surface area contributed by atoms with Crippen LogP contribution in [0.25, 0.3) is 0 Å². The van der Waals surface area contributed by atoms with Crippen LogP contribution < -0.4 is 0 Å². The summed E-state index contributed by atoms with van der Waals surface area (Å²) >= 11 is 0. The second-order valence-corrected chi connectivity index (χ2v) is 6.06. The quantitative estimate of drug-likeness (QED) is 0.214. The van der Waals surface area contributed by atoms with Gasteiger partial charge in [-0.3, -0.25) is 10.1 Å². The Hall–Kier alpha value is -1.72. The maximum Gasteiger partial charge on any atom is 0.269 e. The molecule has 0 saturated heterocycles. The predicted octanol–water partition coefficient (Wildman–Crippen LogP) is 5.26. The highest BCUT2D eigenvalue weighted by molar-refractivity contribution is 5.32. The lowest BCUT2D eigenvalue weighted by Crippen LogP contribution is -2.33. The summed E-state index contributed by atoms with van der Waals surface area (Å²) in [5.41, 5.74) is 1.11. The molecule has 1 aromatic carbocycles. The van der Waals surface area contributed by atoms with E-state index in [0.29, 0.717) is 6.54 Å². The van der Waals surface area contributed by atoms with Crippen molar-refractivity contribution in [2.24, 2.45) is 0 Å². The molecule has 5 heteroatoms. The second-order valence-electron chi connectivity index (χ2n) is 6.06. The first-order valence-corrected chi connectivity index (χ1v) is 8.77. The molecule has 5 nitrogen and oxygen atoms in total. The molecule has 0 aliphatic heterocycles. The summed E-state index contributed by atoms with van der Waals surface area (Å²) < 4.78 is 0. The van der Waals surface area contributed by atoms with Gasteiger partial charge in [-0.15, -0.1) is 6.58 Å². The van der Waals surface area contributed by atoms with E-state index in [4.69, 9.17) is 4.84 Å². The Bertz CT molecular complexity index is 488. The number of nitrogens with zero attached hydrogens (tertiary/aromatic N) is 2. The minimum Gasteiger partial charge on any atom is -0.302 e. The highest BCUT2D eigenvalue weighted by atomic mass is 16.7. The summed E-state index contributed by atoms with van der Waals surface area (Å²) in [5.74, 6) is 0. The van der Waals surface area contributed by atoms with Crippen molar-refractivity contribution in [2.45, 2.75) is 64.5 Å². The molecule has 0 saturated carbocycles. The molecule has 1 atom stereocenters. The fourth-order valence-corrected chi connectivity index (χ4v) is 2.80. The van der Waals surface area contributed by atoms with E-state index in [1.807, 2.05) is 11.1 Å². The number of nitro benzene ring substituents is 1. The zero-order valence-corrected chi connectivity index (χ0v) is 14.9. The molecule has 0 fully saturated rings. The first kappa shape index (κ1) is 20.3. The van der Waals surface area contributed by atoms with Crippen molar-refractivity contribution >= 4 is 5.69 Å². The molecular weight excluding hydrogens is 304 g/mol. The molecule has 0 aliphatic carbocycles. The van der Waals surface area contributed by atoms with Gasteiger partial charge in [0.15, 0.2) is 0 Å². The van der Waals surface area contributed by atoms with Gasteiger partial charge in [0.1, 0.15) is 0 Å². The van der Waals surface area contributed by atoms with E-state index in [0.717, 1.165) is 18.4 Å².